The molecule has 0 radical (unpaired) electrons. The Labute approximate surface area is 313 Å². The second-order valence-electron chi connectivity index (χ2n) is 15.6. The van der Waals surface area contributed by atoms with Gasteiger partial charge in [0, 0.05) is 12.8 Å². The van der Waals surface area contributed by atoms with Gasteiger partial charge in [0.05, 0.1) is 0 Å². The molecule has 0 aliphatic rings. The van der Waals surface area contributed by atoms with Crippen molar-refractivity contribution in [2.45, 2.75) is 258 Å². The van der Waals surface area contributed by atoms with Crippen LogP contribution in [0.3, 0.4) is 0 Å². The minimum absolute atomic E-state index is 0.00810. The summed E-state index contributed by atoms with van der Waals surface area (Å²) >= 11 is 0. The number of carbonyl (C=O) groups excluding carboxylic acids is 2. The van der Waals surface area contributed by atoms with Crippen LogP contribution in [-0.4, -0.2) is 49.2 Å². The molecule has 5 nitrogen and oxygen atoms in total. The lowest BCUT2D eigenvalue weighted by atomic mass is 10.0. The van der Waals surface area contributed by atoms with Crippen LogP contribution in [0.15, 0.2) is 0 Å². The van der Waals surface area contributed by atoms with Crippen molar-refractivity contribution in [3.05, 3.63) is 0 Å². The van der Waals surface area contributed by atoms with Crippen molar-refractivity contribution < 1.29 is 19.1 Å². The zero-order valence-electron chi connectivity index (χ0n) is 34.7. The molecular weight excluding hydrogens is 618 g/mol. The van der Waals surface area contributed by atoms with Gasteiger partial charge in [-0.1, -0.05) is 163 Å². The molecule has 0 bridgehead atoms. The van der Waals surface area contributed by atoms with Gasteiger partial charge in [-0.15, -0.1) is 0 Å². The van der Waals surface area contributed by atoms with Gasteiger partial charge in [0.2, 0.25) is 0 Å². The Hall–Kier alpha value is -1.10. The molecule has 0 aromatic carbocycles. The molecule has 0 aliphatic heterocycles. The maximum absolute atomic E-state index is 12.7. The summed E-state index contributed by atoms with van der Waals surface area (Å²) in [4.78, 5) is 27.4. The summed E-state index contributed by atoms with van der Waals surface area (Å²) in [5, 5.41) is 0. The van der Waals surface area contributed by atoms with Crippen molar-refractivity contribution in [2.24, 2.45) is 0 Å². The van der Waals surface area contributed by atoms with Gasteiger partial charge >= 0.3 is 11.9 Å². The molecule has 1 atom stereocenters. The maximum Gasteiger partial charge on any atom is 0.306 e. The van der Waals surface area contributed by atoms with Crippen LogP contribution in [0.5, 0.6) is 0 Å². The number of rotatable bonds is 40. The molecule has 0 rings (SSSR count). The highest BCUT2D eigenvalue weighted by Gasteiger charge is 2.15. The van der Waals surface area contributed by atoms with Crippen LogP contribution in [0.25, 0.3) is 0 Å². The van der Waals surface area contributed by atoms with Crippen LogP contribution in [0.1, 0.15) is 246 Å². The minimum Gasteiger partial charge on any atom is -0.462 e. The molecule has 0 fully saturated rings. The first-order chi connectivity index (χ1) is 24.5. The van der Waals surface area contributed by atoms with Crippen molar-refractivity contribution in [3.8, 4) is 0 Å². The summed E-state index contributed by atoms with van der Waals surface area (Å²) in [6.07, 6.45) is 40.3. The van der Waals surface area contributed by atoms with Gasteiger partial charge in [0.25, 0.3) is 0 Å². The van der Waals surface area contributed by atoms with Gasteiger partial charge in [0.1, 0.15) is 12.2 Å². The number of carbonyl (C=O) groups is 2. The standard InChI is InChI=1S/C45H89NO4/c1-6-10-13-16-21-28-35-42(9-4)49-44(47)38-31-24-19-26-33-40-46(5)41-34-27-20-25-32-39-45(48)50-43(36-29-22-17-14-11-7-2)37-30-23-18-15-12-8-3/h42-43H,6-41H2,1-5H3/t42-/m0/s1. The van der Waals surface area contributed by atoms with E-state index in [9.17, 15) is 9.59 Å². The van der Waals surface area contributed by atoms with Gasteiger partial charge < -0.3 is 14.4 Å². The van der Waals surface area contributed by atoms with E-state index < -0.39 is 0 Å². The summed E-state index contributed by atoms with van der Waals surface area (Å²) in [5.74, 6) is 0.0457. The highest BCUT2D eigenvalue weighted by Crippen LogP contribution is 2.19. The number of hydrogen-bond donors (Lipinski definition) is 0. The van der Waals surface area contributed by atoms with Crippen LogP contribution in [-0.2, 0) is 19.1 Å². The first kappa shape index (κ1) is 48.9. The third-order valence-electron chi connectivity index (χ3n) is 10.5. The summed E-state index contributed by atoms with van der Waals surface area (Å²) < 4.78 is 11.8. The molecule has 0 N–H and O–H groups in total. The van der Waals surface area contributed by atoms with E-state index in [-0.39, 0.29) is 24.1 Å². The lowest BCUT2D eigenvalue weighted by Crippen LogP contribution is -2.20. The fraction of sp³-hybridized carbons (Fsp3) is 0.956. The maximum atomic E-state index is 12.7. The number of nitrogens with zero attached hydrogens (tertiary/aromatic N) is 1. The number of hydrogen-bond acceptors (Lipinski definition) is 5. The van der Waals surface area contributed by atoms with E-state index in [4.69, 9.17) is 9.47 Å². The molecular formula is C45H89NO4. The molecule has 0 spiro atoms. The van der Waals surface area contributed by atoms with E-state index in [1.54, 1.807) is 0 Å². The summed E-state index contributed by atoms with van der Waals surface area (Å²) in [5.41, 5.74) is 0. The monoisotopic (exact) mass is 708 g/mol. The van der Waals surface area contributed by atoms with Crippen LogP contribution < -0.4 is 0 Å². The lowest BCUT2D eigenvalue weighted by Gasteiger charge is -2.18. The zero-order chi connectivity index (χ0) is 36.8. The van der Waals surface area contributed by atoms with E-state index >= 15 is 0 Å². The van der Waals surface area contributed by atoms with Gasteiger partial charge in [-0.3, -0.25) is 9.59 Å². The van der Waals surface area contributed by atoms with E-state index in [0.717, 1.165) is 64.5 Å². The fourth-order valence-corrected chi connectivity index (χ4v) is 7.03. The molecule has 0 saturated carbocycles. The van der Waals surface area contributed by atoms with Crippen LogP contribution in [0, 0.1) is 0 Å². The first-order valence-electron chi connectivity index (χ1n) is 22.5. The van der Waals surface area contributed by atoms with Gasteiger partial charge in [-0.2, -0.15) is 0 Å². The highest BCUT2D eigenvalue weighted by molar-refractivity contribution is 5.69. The van der Waals surface area contributed by atoms with Crippen LogP contribution in [0.4, 0.5) is 0 Å². The molecule has 0 aliphatic carbocycles. The molecule has 0 amide bonds. The van der Waals surface area contributed by atoms with E-state index in [1.807, 2.05) is 0 Å². The van der Waals surface area contributed by atoms with Crippen molar-refractivity contribution >= 4 is 11.9 Å². The molecule has 0 heterocycles. The summed E-state index contributed by atoms with van der Waals surface area (Å²) in [7, 11) is 2.24. The summed E-state index contributed by atoms with van der Waals surface area (Å²) in [6, 6.07) is 0. The fourth-order valence-electron chi connectivity index (χ4n) is 7.03. The van der Waals surface area contributed by atoms with E-state index in [1.165, 1.54) is 154 Å². The molecule has 0 aromatic heterocycles. The van der Waals surface area contributed by atoms with Crippen LogP contribution >= 0.6 is 0 Å². The molecule has 5 heteroatoms. The van der Waals surface area contributed by atoms with Gasteiger partial charge in [0.15, 0.2) is 0 Å². The predicted molar refractivity (Wildman–Crippen MR) is 217 cm³/mol. The molecule has 298 valence electrons. The molecule has 0 aromatic rings. The first-order valence-corrected chi connectivity index (χ1v) is 22.5. The van der Waals surface area contributed by atoms with Crippen molar-refractivity contribution in [3.63, 3.8) is 0 Å². The van der Waals surface area contributed by atoms with Crippen LogP contribution in [0.2, 0.25) is 0 Å². The average Bonchev–Trinajstić information content (AvgIpc) is 3.11. The Balaban J connectivity index is 3.85. The van der Waals surface area contributed by atoms with Crippen molar-refractivity contribution in [1.82, 2.24) is 4.90 Å². The van der Waals surface area contributed by atoms with E-state index in [2.05, 4.69) is 39.6 Å². The van der Waals surface area contributed by atoms with Gasteiger partial charge in [-0.05, 0) is 90.8 Å². The topological polar surface area (TPSA) is 55.8 Å². The third-order valence-corrected chi connectivity index (χ3v) is 10.5. The normalized spacial score (nSPS) is 12.2. The third kappa shape index (κ3) is 35.3. The lowest BCUT2D eigenvalue weighted by molar-refractivity contribution is -0.150. The van der Waals surface area contributed by atoms with Crippen molar-refractivity contribution in [2.75, 3.05) is 20.1 Å². The Kier molecular flexibility index (Phi) is 38.3. The number of ether oxygens (including phenoxy) is 2. The van der Waals surface area contributed by atoms with Gasteiger partial charge in [-0.25, -0.2) is 0 Å². The Morgan fingerprint density at radius 3 is 1.08 bits per heavy atom. The Morgan fingerprint density at radius 2 is 0.700 bits per heavy atom. The van der Waals surface area contributed by atoms with Crippen molar-refractivity contribution in [1.29, 1.82) is 0 Å². The van der Waals surface area contributed by atoms with E-state index in [0.29, 0.717) is 12.8 Å². The Bertz CT molecular complexity index is 697. The zero-order valence-corrected chi connectivity index (χ0v) is 34.7. The minimum atomic E-state index is 0.00810. The number of esters is 2. The molecule has 0 saturated heterocycles. The SMILES string of the molecule is CCCCCCCCC(CCCCCCCC)OC(=O)CCCCCCCN(C)CCCCCCCC(=O)O[C@@H](CC)CCCCCCCC. The number of unbranched alkanes of at least 4 members (excludes halogenated alkanes) is 23. The average molecular weight is 708 g/mol. The predicted octanol–water partition coefficient (Wildman–Crippen LogP) is 14.1. The molecule has 0 unspecified atom stereocenters. The smallest absolute Gasteiger partial charge is 0.306 e. The summed E-state index contributed by atoms with van der Waals surface area (Å²) in [6.45, 7) is 11.2. The quantitative estimate of drug-likeness (QED) is 0.0469. The largest absolute Gasteiger partial charge is 0.462 e. The second kappa shape index (κ2) is 39.1. The highest BCUT2D eigenvalue weighted by atomic mass is 16.5. The second-order valence-corrected chi connectivity index (χ2v) is 15.6. The Morgan fingerprint density at radius 1 is 0.400 bits per heavy atom. The molecule has 50 heavy (non-hydrogen) atoms.